The van der Waals surface area contributed by atoms with Gasteiger partial charge in [-0.3, -0.25) is 33.9 Å². The summed E-state index contributed by atoms with van der Waals surface area (Å²) in [7, 11) is 1.25. The first-order valence-corrected chi connectivity index (χ1v) is 33.6. The summed E-state index contributed by atoms with van der Waals surface area (Å²) in [6.45, 7) is 1.93. The third-order valence-corrected chi connectivity index (χ3v) is 18.0. The standard InChI is InChI=1S/C62H76N9O16PS2/c1-79-88(78,89)86-27-11-2-3-12-38-90-54-40-57(76)69(62(54)77)24-22-55(74)63-23-21-56(75)70-41-45-15-7-8-16-47(45)59-58(48-17-9-10-18-50(48)70)65-67-71(59)26-29-81-31-33-83-35-37-84-36-34-82-32-30-80-28-25-68-42-46(64-66-68)43-85-61-51(72)20-19-49-52(73)39-53(87-60(49)61)44-13-5-4-6-14-44/h4-10,13-20,39,42,54,58-59,72H,2-3,11-12,21-38,40-41,43H2,1H3,(H,63,74)(H,78,89)/p-1. The number of carbonyl (C=O) groups is 4. The molecule has 0 spiro atoms. The Kier molecular flexibility index (Phi) is 25.8. The van der Waals surface area contributed by atoms with E-state index in [1.807, 2.05) is 83.9 Å². The molecule has 1 fully saturated rings. The Morgan fingerprint density at radius 1 is 0.789 bits per heavy atom. The zero-order valence-electron chi connectivity index (χ0n) is 50.1. The molecule has 0 radical (unpaired) electrons. The van der Waals surface area contributed by atoms with E-state index in [4.69, 9.17) is 54.3 Å². The van der Waals surface area contributed by atoms with Crippen molar-refractivity contribution < 1.29 is 71.1 Å². The first-order valence-electron chi connectivity index (χ1n) is 30.0. The van der Waals surface area contributed by atoms with Gasteiger partial charge in [0.15, 0.2) is 16.8 Å². The van der Waals surface area contributed by atoms with Crippen molar-refractivity contribution in [2.75, 3.05) is 110 Å². The van der Waals surface area contributed by atoms with Crippen LogP contribution in [0.4, 0.5) is 5.69 Å². The van der Waals surface area contributed by atoms with Gasteiger partial charge < -0.3 is 62.1 Å². The van der Waals surface area contributed by atoms with E-state index in [9.17, 15) is 34.0 Å². The van der Waals surface area contributed by atoms with Gasteiger partial charge in [-0.05, 0) is 47.9 Å². The number of hydrogen-bond donors (Lipinski definition) is 2. The molecule has 1 saturated heterocycles. The predicted molar refractivity (Wildman–Crippen MR) is 335 cm³/mol. The fourth-order valence-electron chi connectivity index (χ4n) is 10.4. The van der Waals surface area contributed by atoms with Gasteiger partial charge >= 0.3 is 0 Å². The van der Waals surface area contributed by atoms with Crippen LogP contribution in [0.2, 0.25) is 0 Å². The van der Waals surface area contributed by atoms with Crippen LogP contribution in [0, 0.1) is 0 Å². The molecular formula is C62H75N9O16PS2-. The number of phenolic OH excluding ortho intramolecular Hbond substituents is 1. The summed E-state index contributed by atoms with van der Waals surface area (Å²) < 4.78 is 52.0. The molecule has 28 heteroatoms. The van der Waals surface area contributed by atoms with Gasteiger partial charge in [-0.15, -0.1) is 16.9 Å². The van der Waals surface area contributed by atoms with Crippen LogP contribution in [-0.4, -0.2) is 164 Å². The van der Waals surface area contributed by atoms with Crippen LogP contribution >= 0.6 is 18.5 Å². The number of imide groups is 1. The maximum Gasteiger partial charge on any atom is 0.242 e. The number of benzene rings is 4. The number of rotatable bonds is 38. The Morgan fingerprint density at radius 3 is 2.21 bits per heavy atom. The van der Waals surface area contributed by atoms with E-state index in [2.05, 4.69) is 25.4 Å². The fraction of sp³-hybridized carbons (Fsp3) is 0.468. The molecule has 9 rings (SSSR count). The monoisotopic (exact) mass is 1300 g/mol. The molecule has 3 aliphatic rings. The number of aromatic hydroxyl groups is 1. The van der Waals surface area contributed by atoms with E-state index in [0.717, 1.165) is 40.9 Å². The molecule has 4 aromatic carbocycles. The Bertz CT molecular complexity index is 3490. The minimum Gasteiger partial charge on any atom is -0.780 e. The molecule has 2 N–H and O–H groups in total. The fourth-order valence-corrected chi connectivity index (χ4v) is 12.2. The molecule has 0 saturated carbocycles. The molecule has 0 bridgehead atoms. The second-order valence-electron chi connectivity index (χ2n) is 21.1. The number of likely N-dealkylation sites (tertiary alicyclic amines) is 1. The summed E-state index contributed by atoms with van der Waals surface area (Å²) in [4.78, 5) is 80.4. The van der Waals surface area contributed by atoms with Crippen LogP contribution in [0.15, 0.2) is 123 Å². The average molecular weight is 1300 g/mol. The van der Waals surface area contributed by atoms with Crippen molar-refractivity contribution in [3.63, 3.8) is 0 Å². The molecule has 4 atom stereocenters. The molecule has 25 nitrogen and oxygen atoms in total. The van der Waals surface area contributed by atoms with E-state index in [1.165, 1.54) is 37.1 Å². The largest absolute Gasteiger partial charge is 0.780 e. The summed E-state index contributed by atoms with van der Waals surface area (Å²) in [5.74, 6) is -0.230. The summed E-state index contributed by atoms with van der Waals surface area (Å²) in [5.41, 5.74) is 4.60. The third-order valence-electron chi connectivity index (χ3n) is 15.0. The lowest BCUT2D eigenvalue weighted by Crippen LogP contribution is -2.38. The lowest BCUT2D eigenvalue weighted by atomic mass is 9.87. The highest BCUT2D eigenvalue weighted by atomic mass is 32.5. The number of ether oxygens (including phenoxy) is 6. The molecule has 5 heterocycles. The van der Waals surface area contributed by atoms with Crippen molar-refractivity contribution in [2.45, 2.75) is 82.0 Å². The highest BCUT2D eigenvalue weighted by Crippen LogP contribution is 2.48. The number of anilines is 1. The number of thioether (sulfide) groups is 1. The number of unbranched alkanes of at least 4 members (excludes halogenated alkanes) is 3. The second kappa shape index (κ2) is 34.4. The van der Waals surface area contributed by atoms with Crippen molar-refractivity contribution in [3.8, 4) is 22.8 Å². The van der Waals surface area contributed by atoms with E-state index in [1.54, 1.807) is 15.8 Å². The van der Waals surface area contributed by atoms with Crippen LogP contribution in [0.5, 0.6) is 11.5 Å². The number of amides is 4. The lowest BCUT2D eigenvalue weighted by Gasteiger charge is -2.35. The quantitative estimate of drug-likeness (QED) is 0.0224. The zero-order chi connectivity index (χ0) is 63.1. The van der Waals surface area contributed by atoms with Crippen molar-refractivity contribution in [2.24, 2.45) is 10.3 Å². The van der Waals surface area contributed by atoms with E-state index in [0.29, 0.717) is 121 Å². The minimum absolute atomic E-state index is 0.0176. The molecule has 6 aromatic rings. The van der Waals surface area contributed by atoms with Gasteiger partial charge in [0.1, 0.15) is 36.9 Å². The first-order chi connectivity index (χ1) is 43.9. The Labute approximate surface area is 530 Å². The van der Waals surface area contributed by atoms with Gasteiger partial charge in [0.25, 0.3) is 0 Å². The second-order valence-corrected chi connectivity index (χ2v) is 25.3. The topological polar surface area (TPSA) is 293 Å². The summed E-state index contributed by atoms with van der Waals surface area (Å²) in [6, 6.07) is 28.5. The number of nitrogens with zero attached hydrogens (tertiary/aromatic N) is 8. The van der Waals surface area contributed by atoms with Crippen LogP contribution in [-0.2, 0) is 83.4 Å². The highest BCUT2D eigenvalue weighted by Gasteiger charge is 2.41. The molecule has 4 unspecified atom stereocenters. The van der Waals surface area contributed by atoms with E-state index >= 15 is 0 Å². The molecule has 0 aliphatic carbocycles. The van der Waals surface area contributed by atoms with Gasteiger partial charge in [-0.2, -0.15) is 5.11 Å². The van der Waals surface area contributed by atoms with Crippen LogP contribution in [0.3, 0.4) is 0 Å². The van der Waals surface area contributed by atoms with Crippen molar-refractivity contribution in [3.05, 3.63) is 136 Å². The minimum atomic E-state index is -3.40. The Balaban J connectivity index is 0.604. The van der Waals surface area contributed by atoms with Crippen molar-refractivity contribution in [1.29, 1.82) is 0 Å². The maximum absolute atomic E-state index is 14.1. The van der Waals surface area contributed by atoms with Crippen molar-refractivity contribution >= 4 is 70.6 Å². The molecule has 3 aliphatic heterocycles. The molecule has 90 heavy (non-hydrogen) atoms. The number of hydrogen-bond acceptors (Lipinski definition) is 23. The molecule has 4 amide bonds. The maximum atomic E-state index is 14.1. The number of aromatic nitrogens is 3. The van der Waals surface area contributed by atoms with Gasteiger partial charge in [0.05, 0.1) is 109 Å². The number of carbonyl (C=O) groups excluding carboxylic acids is 4. The van der Waals surface area contributed by atoms with Gasteiger partial charge in [-0.25, -0.2) is 4.68 Å². The Morgan fingerprint density at radius 2 is 1.47 bits per heavy atom. The molecule has 482 valence electrons. The summed E-state index contributed by atoms with van der Waals surface area (Å²) in [6.07, 6.45) is 4.97. The lowest BCUT2D eigenvalue weighted by molar-refractivity contribution is -0.204. The average Bonchev–Trinajstić information content (AvgIpc) is 1.88. The SMILES string of the molecule is COP([O-])(=S)OCCCCCCSC1CC(=O)N(CCC(=O)NCCC(=O)N2Cc3ccccc3C3C(N=NN3CCOCCOCCOCCOCCOCCn3cc(COc4c(O)ccc5c(=O)cc(-c6ccccc6)oc45)nn3)c3ccccc32)C1=O. The highest BCUT2D eigenvalue weighted by molar-refractivity contribution is 8.06. The smallest absolute Gasteiger partial charge is 0.242 e. The summed E-state index contributed by atoms with van der Waals surface area (Å²) >= 11 is 6.16. The van der Waals surface area contributed by atoms with Crippen LogP contribution < -0.4 is 25.3 Å². The summed E-state index contributed by atoms with van der Waals surface area (Å²) in [5, 5.41) is 32.8. The predicted octanol–water partition coefficient (Wildman–Crippen LogP) is 7.00. The number of nitrogens with one attached hydrogen (secondary N) is 1. The van der Waals surface area contributed by atoms with Crippen LogP contribution in [0.1, 0.15) is 79.4 Å². The van der Waals surface area contributed by atoms with Crippen LogP contribution in [0.25, 0.3) is 22.3 Å². The van der Waals surface area contributed by atoms with Crippen molar-refractivity contribution in [1.82, 2.24) is 30.2 Å². The van der Waals surface area contributed by atoms with Gasteiger partial charge in [0, 0.05) is 62.3 Å². The number of fused-ring (bicyclic) bond motifs is 6. The Hall–Kier alpha value is -7.01. The third kappa shape index (κ3) is 19.0. The number of phenols is 1. The molecule has 2 aromatic heterocycles. The van der Waals surface area contributed by atoms with E-state index in [-0.39, 0.29) is 103 Å². The zero-order valence-corrected chi connectivity index (χ0v) is 52.7. The van der Waals surface area contributed by atoms with E-state index < -0.39 is 18.0 Å². The van der Waals surface area contributed by atoms with Gasteiger partial charge in [-0.1, -0.05) is 108 Å². The van der Waals surface area contributed by atoms with Gasteiger partial charge in [0.2, 0.25) is 29.4 Å². The number of para-hydroxylation sites is 1. The first kappa shape index (κ1) is 67.4. The normalized spacial score (nSPS) is 16.9. The molecular weight excluding hydrogens is 1220 g/mol.